The summed E-state index contributed by atoms with van der Waals surface area (Å²) in [5, 5.41) is 3.75. The smallest absolute Gasteiger partial charge is 0.0252 e. The van der Waals surface area contributed by atoms with Gasteiger partial charge in [-0.2, -0.15) is 0 Å². The lowest BCUT2D eigenvalue weighted by atomic mass is 9.80. The third-order valence-electron chi connectivity index (χ3n) is 4.78. The molecule has 0 saturated heterocycles. The van der Waals surface area contributed by atoms with E-state index in [0.717, 1.165) is 18.5 Å². The quantitative estimate of drug-likeness (QED) is 0.702. The van der Waals surface area contributed by atoms with Gasteiger partial charge in [-0.25, -0.2) is 0 Å². The van der Waals surface area contributed by atoms with Crippen molar-refractivity contribution in [2.24, 2.45) is 5.92 Å². The van der Waals surface area contributed by atoms with Crippen LogP contribution in [0.5, 0.6) is 0 Å². The SMILES string of the molecule is CCCN(CCN(C)C)C1CC(CC)CCC1NCC. The van der Waals surface area contributed by atoms with Gasteiger partial charge in [0, 0.05) is 25.2 Å². The molecule has 0 aliphatic heterocycles. The van der Waals surface area contributed by atoms with E-state index in [1.54, 1.807) is 0 Å². The number of likely N-dealkylation sites (N-methyl/N-ethyl adjacent to an activating group) is 2. The van der Waals surface area contributed by atoms with E-state index in [2.05, 4.69) is 50.0 Å². The molecule has 1 rings (SSSR count). The van der Waals surface area contributed by atoms with Gasteiger partial charge in [-0.15, -0.1) is 0 Å². The highest BCUT2D eigenvalue weighted by Gasteiger charge is 2.32. The van der Waals surface area contributed by atoms with Crippen molar-refractivity contribution < 1.29 is 0 Å². The zero-order valence-electron chi connectivity index (χ0n) is 14.5. The van der Waals surface area contributed by atoms with Crippen LogP contribution >= 0.6 is 0 Å². The molecule has 1 aliphatic carbocycles. The Bertz CT molecular complexity index is 242. The minimum absolute atomic E-state index is 0.705. The first kappa shape index (κ1) is 17.9. The van der Waals surface area contributed by atoms with Gasteiger partial charge in [-0.05, 0) is 58.8 Å². The van der Waals surface area contributed by atoms with Crippen molar-refractivity contribution >= 4 is 0 Å². The van der Waals surface area contributed by atoms with Gasteiger partial charge >= 0.3 is 0 Å². The van der Waals surface area contributed by atoms with Gasteiger partial charge < -0.3 is 10.2 Å². The first-order valence-corrected chi connectivity index (χ1v) is 8.74. The van der Waals surface area contributed by atoms with Crippen molar-refractivity contribution in [2.45, 2.75) is 65.0 Å². The van der Waals surface area contributed by atoms with Crippen LogP contribution < -0.4 is 5.32 Å². The Morgan fingerprint density at radius 3 is 2.30 bits per heavy atom. The third kappa shape index (κ3) is 5.71. The van der Waals surface area contributed by atoms with E-state index in [9.17, 15) is 0 Å². The summed E-state index contributed by atoms with van der Waals surface area (Å²) in [7, 11) is 4.36. The molecule has 1 fully saturated rings. The van der Waals surface area contributed by atoms with Gasteiger partial charge in [-0.3, -0.25) is 4.90 Å². The molecule has 120 valence electrons. The molecule has 0 bridgehead atoms. The van der Waals surface area contributed by atoms with E-state index >= 15 is 0 Å². The van der Waals surface area contributed by atoms with E-state index in [4.69, 9.17) is 0 Å². The van der Waals surface area contributed by atoms with Gasteiger partial charge in [0.15, 0.2) is 0 Å². The summed E-state index contributed by atoms with van der Waals surface area (Å²) >= 11 is 0. The lowest BCUT2D eigenvalue weighted by molar-refractivity contribution is 0.0894. The Morgan fingerprint density at radius 2 is 1.75 bits per heavy atom. The normalized spacial score (nSPS) is 27.4. The summed E-state index contributed by atoms with van der Waals surface area (Å²) in [6.07, 6.45) is 6.78. The highest BCUT2D eigenvalue weighted by Crippen LogP contribution is 2.30. The van der Waals surface area contributed by atoms with Gasteiger partial charge in [0.25, 0.3) is 0 Å². The van der Waals surface area contributed by atoms with Crippen molar-refractivity contribution in [1.29, 1.82) is 0 Å². The number of hydrogen-bond donors (Lipinski definition) is 1. The standard InChI is InChI=1S/C17H37N3/c1-6-11-20(13-12-19(4)5)17-14-15(7-2)9-10-16(17)18-8-3/h15-18H,6-14H2,1-5H3. The fourth-order valence-electron chi connectivity index (χ4n) is 3.57. The van der Waals surface area contributed by atoms with Gasteiger partial charge in [0.05, 0.1) is 0 Å². The maximum absolute atomic E-state index is 3.75. The fraction of sp³-hybridized carbons (Fsp3) is 1.00. The zero-order valence-corrected chi connectivity index (χ0v) is 14.5. The van der Waals surface area contributed by atoms with E-state index < -0.39 is 0 Å². The maximum atomic E-state index is 3.75. The molecule has 20 heavy (non-hydrogen) atoms. The number of rotatable bonds is 9. The summed E-state index contributed by atoms with van der Waals surface area (Å²) < 4.78 is 0. The van der Waals surface area contributed by atoms with Gasteiger partial charge in [-0.1, -0.05) is 27.2 Å². The molecule has 0 aromatic rings. The molecule has 3 heteroatoms. The predicted molar refractivity (Wildman–Crippen MR) is 89.3 cm³/mol. The van der Waals surface area contributed by atoms with Crippen LogP contribution in [0.1, 0.15) is 52.9 Å². The number of nitrogens with zero attached hydrogens (tertiary/aromatic N) is 2. The Labute approximate surface area is 127 Å². The average molecular weight is 284 g/mol. The molecule has 0 radical (unpaired) electrons. The molecule has 0 aromatic heterocycles. The summed E-state index contributed by atoms with van der Waals surface area (Å²) in [5.74, 6) is 0.939. The molecule has 1 N–H and O–H groups in total. The zero-order chi connectivity index (χ0) is 15.0. The minimum Gasteiger partial charge on any atom is -0.313 e. The maximum Gasteiger partial charge on any atom is 0.0252 e. The van der Waals surface area contributed by atoms with Crippen LogP contribution in [-0.4, -0.2) is 62.2 Å². The Hall–Kier alpha value is -0.120. The van der Waals surface area contributed by atoms with Crippen LogP contribution in [0.15, 0.2) is 0 Å². The Balaban J connectivity index is 2.68. The van der Waals surface area contributed by atoms with Crippen LogP contribution in [-0.2, 0) is 0 Å². The summed E-state index contributed by atoms with van der Waals surface area (Å²) in [4.78, 5) is 5.07. The van der Waals surface area contributed by atoms with Crippen LogP contribution in [0.3, 0.4) is 0 Å². The van der Waals surface area contributed by atoms with Crippen molar-refractivity contribution in [2.75, 3.05) is 40.3 Å². The molecule has 0 aromatic carbocycles. The van der Waals surface area contributed by atoms with Gasteiger partial charge in [0.2, 0.25) is 0 Å². The van der Waals surface area contributed by atoms with E-state index in [1.807, 2.05) is 0 Å². The molecule has 1 aliphatic rings. The summed E-state index contributed by atoms with van der Waals surface area (Å²) in [6.45, 7) is 11.6. The van der Waals surface area contributed by atoms with Crippen molar-refractivity contribution in [3.8, 4) is 0 Å². The molecule has 0 heterocycles. The molecule has 1 saturated carbocycles. The Morgan fingerprint density at radius 1 is 1.00 bits per heavy atom. The molecule has 0 spiro atoms. The fourth-order valence-corrected chi connectivity index (χ4v) is 3.57. The summed E-state index contributed by atoms with van der Waals surface area (Å²) in [6, 6.07) is 1.45. The molecule has 3 atom stereocenters. The topological polar surface area (TPSA) is 18.5 Å². The predicted octanol–water partition coefficient (Wildman–Crippen LogP) is 2.82. The lowest BCUT2D eigenvalue weighted by Crippen LogP contribution is -2.54. The Kier molecular flexibility index (Phi) is 8.74. The third-order valence-corrected chi connectivity index (χ3v) is 4.78. The molecule has 0 amide bonds. The molecule has 3 nitrogen and oxygen atoms in total. The minimum atomic E-state index is 0.705. The first-order chi connectivity index (χ1) is 9.62. The average Bonchev–Trinajstić information content (AvgIpc) is 2.44. The largest absolute Gasteiger partial charge is 0.313 e. The van der Waals surface area contributed by atoms with Gasteiger partial charge in [0.1, 0.15) is 0 Å². The second kappa shape index (κ2) is 9.75. The van der Waals surface area contributed by atoms with Crippen molar-refractivity contribution in [1.82, 2.24) is 15.1 Å². The second-order valence-electron chi connectivity index (χ2n) is 6.66. The van der Waals surface area contributed by atoms with Crippen LogP contribution in [0, 0.1) is 5.92 Å². The molecular formula is C17H37N3. The van der Waals surface area contributed by atoms with E-state index in [1.165, 1.54) is 51.7 Å². The second-order valence-corrected chi connectivity index (χ2v) is 6.66. The van der Waals surface area contributed by atoms with E-state index in [0.29, 0.717) is 6.04 Å². The van der Waals surface area contributed by atoms with Crippen LogP contribution in [0.2, 0.25) is 0 Å². The highest BCUT2D eigenvalue weighted by molar-refractivity contribution is 4.91. The highest BCUT2D eigenvalue weighted by atomic mass is 15.2. The summed E-state index contributed by atoms with van der Waals surface area (Å²) in [5.41, 5.74) is 0. The first-order valence-electron chi connectivity index (χ1n) is 8.74. The number of nitrogens with one attached hydrogen (secondary N) is 1. The monoisotopic (exact) mass is 283 g/mol. The van der Waals surface area contributed by atoms with Crippen molar-refractivity contribution in [3.05, 3.63) is 0 Å². The van der Waals surface area contributed by atoms with Crippen molar-refractivity contribution in [3.63, 3.8) is 0 Å². The molecule has 3 unspecified atom stereocenters. The molecular weight excluding hydrogens is 246 g/mol. The van der Waals surface area contributed by atoms with Crippen LogP contribution in [0.4, 0.5) is 0 Å². The number of hydrogen-bond acceptors (Lipinski definition) is 3. The van der Waals surface area contributed by atoms with Crippen LogP contribution in [0.25, 0.3) is 0 Å². The lowest BCUT2D eigenvalue weighted by Gasteiger charge is -2.43. The van der Waals surface area contributed by atoms with E-state index in [-0.39, 0.29) is 0 Å².